The maximum atomic E-state index is 11.6. The van der Waals surface area contributed by atoms with E-state index < -0.39 is 15.3 Å². The number of allylic oxidation sites excluding steroid dienone is 2. The maximum absolute atomic E-state index is 11.6. The van der Waals surface area contributed by atoms with Crippen LogP contribution in [0.1, 0.15) is 12.8 Å². The van der Waals surface area contributed by atoms with Crippen LogP contribution in [0.4, 0.5) is 0 Å². The lowest BCUT2D eigenvalue weighted by Gasteiger charge is -2.37. The Kier molecular flexibility index (Phi) is 1.45. The highest BCUT2D eigenvalue weighted by Crippen LogP contribution is 2.46. The van der Waals surface area contributed by atoms with Gasteiger partial charge < -0.3 is 0 Å². The van der Waals surface area contributed by atoms with Crippen molar-refractivity contribution in [2.45, 2.75) is 18.1 Å². The molecule has 76 valence electrons. The monoisotopic (exact) mass is 213 g/mol. The van der Waals surface area contributed by atoms with Crippen LogP contribution in [-0.4, -0.2) is 19.6 Å². The van der Waals surface area contributed by atoms with Gasteiger partial charge in [-0.05, 0) is 24.7 Å². The molecule has 4 atom stereocenters. The number of hydrogen-bond acceptors (Lipinski definition) is 3. The molecule has 0 spiro atoms. The number of amides is 1. The van der Waals surface area contributed by atoms with Gasteiger partial charge in [0.1, 0.15) is 0 Å². The molecule has 0 unspecified atom stereocenters. The Morgan fingerprint density at radius 1 is 1.21 bits per heavy atom. The van der Waals surface area contributed by atoms with Crippen molar-refractivity contribution in [1.82, 2.24) is 4.72 Å². The highest BCUT2D eigenvalue weighted by atomic mass is 32.2. The number of rotatable bonds is 0. The summed E-state index contributed by atoms with van der Waals surface area (Å²) in [6.07, 6.45) is 5.82. The second-order valence-electron chi connectivity index (χ2n) is 4.29. The molecule has 0 aromatic carbocycles. The van der Waals surface area contributed by atoms with Crippen LogP contribution in [0.3, 0.4) is 0 Å². The Morgan fingerprint density at radius 2 is 1.86 bits per heavy atom. The molecule has 5 heteroatoms. The quantitative estimate of drug-likeness (QED) is 0.577. The van der Waals surface area contributed by atoms with Crippen LogP contribution < -0.4 is 4.72 Å². The van der Waals surface area contributed by atoms with Crippen LogP contribution in [0.25, 0.3) is 0 Å². The third kappa shape index (κ3) is 0.881. The van der Waals surface area contributed by atoms with Crippen molar-refractivity contribution in [3.63, 3.8) is 0 Å². The van der Waals surface area contributed by atoms with E-state index in [4.69, 9.17) is 0 Å². The lowest BCUT2D eigenvalue weighted by Crippen LogP contribution is -2.42. The molecule has 2 bridgehead atoms. The van der Waals surface area contributed by atoms with E-state index in [9.17, 15) is 13.2 Å². The largest absolute Gasteiger partial charge is 0.274 e. The Balaban J connectivity index is 2.15. The minimum absolute atomic E-state index is 0.0500. The molecule has 0 aromatic heterocycles. The van der Waals surface area contributed by atoms with Crippen LogP contribution in [0.15, 0.2) is 12.2 Å². The van der Waals surface area contributed by atoms with Crippen molar-refractivity contribution in [3.8, 4) is 0 Å². The minimum atomic E-state index is -3.38. The van der Waals surface area contributed by atoms with E-state index >= 15 is 0 Å². The van der Waals surface area contributed by atoms with Crippen molar-refractivity contribution in [3.05, 3.63) is 12.2 Å². The van der Waals surface area contributed by atoms with Gasteiger partial charge in [0.05, 0.1) is 11.2 Å². The van der Waals surface area contributed by atoms with Crippen LogP contribution in [-0.2, 0) is 14.8 Å². The summed E-state index contributed by atoms with van der Waals surface area (Å²) in [4.78, 5) is 11.5. The number of carbonyl (C=O) groups excluding carboxylic acids is 1. The van der Waals surface area contributed by atoms with Crippen molar-refractivity contribution >= 4 is 15.9 Å². The average molecular weight is 213 g/mol. The van der Waals surface area contributed by atoms with E-state index in [1.165, 1.54) is 0 Å². The first kappa shape index (κ1) is 8.47. The molecule has 4 aliphatic rings. The second-order valence-corrected chi connectivity index (χ2v) is 6.13. The molecule has 0 aromatic rings. The standard InChI is InChI=1S/C9H11NO3S/c11-9-7-5-1-3-6(4-2-5)8(7)14(12,13)10-9/h1,3,5-8H,2,4H2,(H,10,11)/t5-,6+,7-,8+/m0/s1. The van der Waals surface area contributed by atoms with Gasteiger partial charge in [-0.15, -0.1) is 0 Å². The van der Waals surface area contributed by atoms with Crippen molar-refractivity contribution in [2.24, 2.45) is 17.8 Å². The summed E-state index contributed by atoms with van der Waals surface area (Å²) < 4.78 is 25.4. The fourth-order valence-corrected chi connectivity index (χ4v) is 4.94. The second kappa shape index (κ2) is 2.39. The van der Waals surface area contributed by atoms with Crippen molar-refractivity contribution in [1.29, 1.82) is 0 Å². The summed E-state index contributed by atoms with van der Waals surface area (Å²) in [5, 5.41) is -0.487. The van der Waals surface area contributed by atoms with Crippen LogP contribution in [0.2, 0.25) is 0 Å². The predicted molar refractivity (Wildman–Crippen MR) is 49.7 cm³/mol. The highest BCUT2D eigenvalue weighted by Gasteiger charge is 2.56. The maximum Gasteiger partial charge on any atom is 0.239 e. The number of hydrogen-bond donors (Lipinski definition) is 1. The topological polar surface area (TPSA) is 63.2 Å². The molecule has 4 rings (SSSR count). The van der Waals surface area contributed by atoms with Gasteiger partial charge in [-0.25, -0.2) is 8.42 Å². The van der Waals surface area contributed by atoms with Gasteiger partial charge in [-0.3, -0.25) is 9.52 Å². The average Bonchev–Trinajstić information content (AvgIpc) is 2.41. The normalized spacial score (nSPS) is 47.6. The smallest absolute Gasteiger partial charge is 0.239 e. The summed E-state index contributed by atoms with van der Waals surface area (Å²) in [5.74, 6) is -0.422. The van der Waals surface area contributed by atoms with Crippen LogP contribution in [0.5, 0.6) is 0 Å². The van der Waals surface area contributed by atoms with E-state index in [-0.39, 0.29) is 23.7 Å². The third-order valence-electron chi connectivity index (χ3n) is 3.58. The van der Waals surface area contributed by atoms with E-state index in [2.05, 4.69) is 4.72 Å². The zero-order chi connectivity index (χ0) is 9.92. The van der Waals surface area contributed by atoms with E-state index in [0.29, 0.717) is 0 Å². The molecule has 2 fully saturated rings. The van der Waals surface area contributed by atoms with Gasteiger partial charge in [-0.1, -0.05) is 12.2 Å². The van der Waals surface area contributed by atoms with Gasteiger partial charge in [0.25, 0.3) is 0 Å². The molecule has 3 aliphatic carbocycles. The summed E-state index contributed by atoms with van der Waals surface area (Å²) in [5.41, 5.74) is 0. The van der Waals surface area contributed by atoms with E-state index in [0.717, 1.165) is 12.8 Å². The Morgan fingerprint density at radius 3 is 2.43 bits per heavy atom. The molecule has 0 radical (unpaired) electrons. The summed E-state index contributed by atoms with van der Waals surface area (Å²) >= 11 is 0. The Hall–Kier alpha value is -0.840. The molecular weight excluding hydrogens is 202 g/mol. The number of sulfonamides is 1. The number of nitrogens with one attached hydrogen (secondary N) is 1. The zero-order valence-corrected chi connectivity index (χ0v) is 8.33. The first-order valence-corrected chi connectivity index (χ1v) is 6.38. The molecule has 1 saturated heterocycles. The molecule has 1 N–H and O–H groups in total. The van der Waals surface area contributed by atoms with Gasteiger partial charge in [0, 0.05) is 0 Å². The fraction of sp³-hybridized carbons (Fsp3) is 0.667. The fourth-order valence-electron chi connectivity index (χ4n) is 2.99. The Labute approximate surface area is 82.4 Å². The van der Waals surface area contributed by atoms with Crippen LogP contribution in [0, 0.1) is 17.8 Å². The summed E-state index contributed by atoms with van der Waals surface area (Å²) in [6, 6.07) is 0. The minimum Gasteiger partial charge on any atom is -0.274 e. The van der Waals surface area contributed by atoms with Crippen molar-refractivity contribution in [2.75, 3.05) is 0 Å². The molecule has 1 saturated carbocycles. The summed E-state index contributed by atoms with van der Waals surface area (Å²) in [7, 11) is -3.38. The van der Waals surface area contributed by atoms with Gasteiger partial charge in [0.2, 0.25) is 15.9 Å². The van der Waals surface area contributed by atoms with Gasteiger partial charge in [-0.2, -0.15) is 0 Å². The SMILES string of the molecule is O=C1NS(=O)(=O)[C@H]2[C@@H]1[C@H]1C=C[C@@H]2CC1. The third-order valence-corrected chi connectivity index (χ3v) is 5.43. The highest BCUT2D eigenvalue weighted by molar-refractivity contribution is 7.91. The lowest BCUT2D eigenvalue weighted by molar-refractivity contribution is -0.124. The molecule has 14 heavy (non-hydrogen) atoms. The summed E-state index contributed by atoms with van der Waals surface area (Å²) in [6.45, 7) is 0. The first-order chi connectivity index (χ1) is 6.59. The zero-order valence-electron chi connectivity index (χ0n) is 7.51. The lowest BCUT2D eigenvalue weighted by atomic mass is 9.68. The predicted octanol–water partition coefficient (Wildman–Crippen LogP) is 0.0268. The van der Waals surface area contributed by atoms with Crippen LogP contribution >= 0.6 is 0 Å². The first-order valence-electron chi connectivity index (χ1n) is 4.83. The van der Waals surface area contributed by atoms with E-state index in [1.54, 1.807) is 0 Å². The molecule has 1 amide bonds. The molecule has 4 nitrogen and oxygen atoms in total. The van der Waals surface area contributed by atoms with Gasteiger partial charge >= 0.3 is 0 Å². The Bertz CT molecular complexity index is 425. The van der Waals surface area contributed by atoms with Gasteiger partial charge in [0.15, 0.2) is 0 Å². The molecular formula is C9H11NO3S. The van der Waals surface area contributed by atoms with E-state index in [1.807, 2.05) is 12.2 Å². The molecule has 1 aliphatic heterocycles. The van der Waals surface area contributed by atoms with Crippen molar-refractivity contribution < 1.29 is 13.2 Å². The number of carbonyl (C=O) groups is 1. The number of fused-ring (bicyclic) bond motifs is 1. The molecule has 1 heterocycles.